The van der Waals surface area contributed by atoms with Crippen LogP contribution >= 0.6 is 23.2 Å². The Hall–Kier alpha value is -0.280. The molecule has 0 aromatic heterocycles. The summed E-state index contributed by atoms with van der Waals surface area (Å²) < 4.78 is 0. The quantitative estimate of drug-likeness (QED) is 0.911. The van der Waals surface area contributed by atoms with Crippen molar-refractivity contribution < 1.29 is 0 Å². The molecule has 2 aliphatic rings. The minimum Gasteiger partial charge on any atom is -0.306 e. The van der Waals surface area contributed by atoms with Gasteiger partial charge in [-0.05, 0) is 44.4 Å². The lowest BCUT2D eigenvalue weighted by Gasteiger charge is -2.26. The molecule has 1 aromatic carbocycles. The average molecular weight is 299 g/mol. The Labute approximate surface area is 125 Å². The van der Waals surface area contributed by atoms with Crippen LogP contribution in [0.5, 0.6) is 0 Å². The number of hydrogen-bond acceptors (Lipinski definition) is 2. The van der Waals surface area contributed by atoms with Gasteiger partial charge in [-0.15, -0.1) is 0 Å². The second-order valence-corrected chi connectivity index (χ2v) is 6.46. The third kappa shape index (κ3) is 2.64. The molecule has 19 heavy (non-hydrogen) atoms. The molecule has 4 heteroatoms. The average Bonchev–Trinajstić information content (AvgIpc) is 2.97. The van der Waals surface area contributed by atoms with Crippen LogP contribution in [0.2, 0.25) is 10.0 Å². The third-order valence-corrected chi connectivity index (χ3v) is 5.35. The summed E-state index contributed by atoms with van der Waals surface area (Å²) in [6.07, 6.45) is 3.91. The van der Waals surface area contributed by atoms with Crippen molar-refractivity contribution in [1.82, 2.24) is 10.2 Å². The van der Waals surface area contributed by atoms with Crippen molar-refractivity contribution in [1.29, 1.82) is 0 Å². The first-order valence-corrected chi connectivity index (χ1v) is 7.86. The van der Waals surface area contributed by atoms with Gasteiger partial charge in [-0.2, -0.15) is 0 Å². The van der Waals surface area contributed by atoms with Crippen molar-refractivity contribution in [3.63, 3.8) is 0 Å². The molecule has 2 aliphatic heterocycles. The smallest absolute Gasteiger partial charge is 0.0639 e. The summed E-state index contributed by atoms with van der Waals surface area (Å²) >= 11 is 12.4. The Balaban J connectivity index is 1.71. The van der Waals surface area contributed by atoms with E-state index in [-0.39, 0.29) is 6.04 Å². The van der Waals surface area contributed by atoms with Gasteiger partial charge in [-0.1, -0.05) is 35.3 Å². The topological polar surface area (TPSA) is 15.3 Å². The zero-order chi connectivity index (χ0) is 13.4. The predicted octanol–water partition coefficient (Wildman–Crippen LogP) is 3.88. The van der Waals surface area contributed by atoms with E-state index >= 15 is 0 Å². The molecule has 2 saturated heterocycles. The number of nitrogens with one attached hydrogen (secondary N) is 1. The van der Waals surface area contributed by atoms with Crippen LogP contribution in [-0.4, -0.2) is 30.1 Å². The Kier molecular flexibility index (Phi) is 4.04. The SMILES string of the molecule is CC(NC1CCN2CCCC12)c1cccc(Cl)c1Cl. The molecule has 1 N–H and O–H groups in total. The molecule has 0 aliphatic carbocycles. The summed E-state index contributed by atoms with van der Waals surface area (Å²) in [6, 6.07) is 7.43. The Morgan fingerprint density at radius 3 is 2.95 bits per heavy atom. The van der Waals surface area contributed by atoms with Crippen LogP contribution in [-0.2, 0) is 0 Å². The molecular formula is C15H20Cl2N2. The number of nitrogens with zero attached hydrogens (tertiary/aromatic N) is 1. The molecular weight excluding hydrogens is 279 g/mol. The number of halogens is 2. The number of rotatable bonds is 3. The fourth-order valence-electron chi connectivity index (χ4n) is 3.54. The summed E-state index contributed by atoms with van der Waals surface area (Å²) in [5, 5.41) is 5.08. The van der Waals surface area contributed by atoms with Crippen LogP contribution in [0.15, 0.2) is 18.2 Å². The van der Waals surface area contributed by atoms with Gasteiger partial charge in [0.25, 0.3) is 0 Å². The minimum atomic E-state index is 0.247. The van der Waals surface area contributed by atoms with E-state index in [1.54, 1.807) is 0 Å². The van der Waals surface area contributed by atoms with Crippen molar-refractivity contribution in [3.05, 3.63) is 33.8 Å². The molecule has 2 nitrogen and oxygen atoms in total. The zero-order valence-electron chi connectivity index (χ0n) is 11.2. The van der Waals surface area contributed by atoms with Crippen molar-refractivity contribution in [2.45, 2.75) is 44.3 Å². The van der Waals surface area contributed by atoms with Crippen molar-refractivity contribution in [2.75, 3.05) is 13.1 Å². The summed E-state index contributed by atoms with van der Waals surface area (Å²) in [6.45, 7) is 4.68. The zero-order valence-corrected chi connectivity index (χ0v) is 12.7. The molecule has 2 heterocycles. The van der Waals surface area contributed by atoms with Crippen LogP contribution in [0.3, 0.4) is 0 Å². The molecule has 1 aromatic rings. The third-order valence-electron chi connectivity index (χ3n) is 4.52. The highest BCUT2D eigenvalue weighted by molar-refractivity contribution is 6.42. The van der Waals surface area contributed by atoms with E-state index < -0.39 is 0 Å². The van der Waals surface area contributed by atoms with E-state index in [2.05, 4.69) is 23.2 Å². The first-order valence-electron chi connectivity index (χ1n) is 7.11. The second kappa shape index (κ2) is 5.61. The maximum Gasteiger partial charge on any atom is 0.0639 e. The van der Waals surface area contributed by atoms with E-state index in [1.165, 1.54) is 32.4 Å². The van der Waals surface area contributed by atoms with Gasteiger partial charge in [0, 0.05) is 24.7 Å². The fourth-order valence-corrected chi connectivity index (χ4v) is 4.01. The summed E-state index contributed by atoms with van der Waals surface area (Å²) in [5.74, 6) is 0. The lowest BCUT2D eigenvalue weighted by molar-refractivity contribution is 0.291. The second-order valence-electron chi connectivity index (χ2n) is 5.67. The first kappa shape index (κ1) is 13.7. The molecule has 2 fully saturated rings. The normalized spacial score (nSPS) is 28.6. The van der Waals surface area contributed by atoms with Gasteiger partial charge in [0.15, 0.2) is 0 Å². The Morgan fingerprint density at radius 1 is 1.26 bits per heavy atom. The highest BCUT2D eigenvalue weighted by Crippen LogP contribution is 2.33. The summed E-state index contributed by atoms with van der Waals surface area (Å²) in [7, 11) is 0. The largest absolute Gasteiger partial charge is 0.306 e. The van der Waals surface area contributed by atoms with Crippen molar-refractivity contribution >= 4 is 23.2 Å². The molecule has 3 atom stereocenters. The van der Waals surface area contributed by atoms with E-state index in [4.69, 9.17) is 23.2 Å². The molecule has 3 rings (SSSR count). The van der Waals surface area contributed by atoms with Gasteiger partial charge in [0.1, 0.15) is 0 Å². The van der Waals surface area contributed by atoms with Crippen LogP contribution in [0, 0.1) is 0 Å². The predicted molar refractivity (Wildman–Crippen MR) is 81.0 cm³/mol. The van der Waals surface area contributed by atoms with Crippen LogP contribution in [0.4, 0.5) is 0 Å². The lowest BCUT2D eigenvalue weighted by Crippen LogP contribution is -2.40. The molecule has 0 radical (unpaired) electrons. The van der Waals surface area contributed by atoms with Gasteiger partial charge in [0.05, 0.1) is 10.0 Å². The molecule has 3 unspecified atom stereocenters. The van der Waals surface area contributed by atoms with E-state index in [9.17, 15) is 0 Å². The molecule has 0 spiro atoms. The van der Waals surface area contributed by atoms with Crippen molar-refractivity contribution in [3.8, 4) is 0 Å². The molecule has 0 bridgehead atoms. The van der Waals surface area contributed by atoms with Gasteiger partial charge in [0.2, 0.25) is 0 Å². The van der Waals surface area contributed by atoms with Gasteiger partial charge >= 0.3 is 0 Å². The molecule has 0 saturated carbocycles. The Bertz CT molecular complexity index is 463. The first-order chi connectivity index (χ1) is 9.16. The van der Waals surface area contributed by atoms with Gasteiger partial charge in [-0.3, -0.25) is 4.90 Å². The van der Waals surface area contributed by atoms with E-state index in [0.29, 0.717) is 16.1 Å². The van der Waals surface area contributed by atoms with E-state index in [0.717, 1.165) is 11.6 Å². The van der Waals surface area contributed by atoms with Crippen LogP contribution in [0.1, 0.15) is 37.8 Å². The fraction of sp³-hybridized carbons (Fsp3) is 0.600. The standard InChI is InChI=1S/C15H20Cl2N2/c1-10(11-4-2-5-12(16)15(11)17)18-13-7-9-19-8-3-6-14(13)19/h2,4-5,10,13-14,18H,3,6-9H2,1H3. The number of hydrogen-bond donors (Lipinski definition) is 1. The maximum absolute atomic E-state index is 6.30. The highest BCUT2D eigenvalue weighted by Gasteiger charge is 2.37. The molecule has 0 amide bonds. The monoisotopic (exact) mass is 298 g/mol. The maximum atomic E-state index is 6.30. The lowest BCUT2D eigenvalue weighted by atomic mass is 10.0. The highest BCUT2D eigenvalue weighted by atomic mass is 35.5. The van der Waals surface area contributed by atoms with E-state index in [1.807, 2.05) is 12.1 Å². The summed E-state index contributed by atoms with van der Waals surface area (Å²) in [4.78, 5) is 2.62. The minimum absolute atomic E-state index is 0.247. The molecule has 104 valence electrons. The van der Waals surface area contributed by atoms with Crippen LogP contribution < -0.4 is 5.32 Å². The van der Waals surface area contributed by atoms with Crippen molar-refractivity contribution in [2.24, 2.45) is 0 Å². The van der Waals surface area contributed by atoms with Gasteiger partial charge < -0.3 is 5.32 Å². The summed E-state index contributed by atoms with van der Waals surface area (Å²) in [5.41, 5.74) is 1.10. The number of benzene rings is 1. The Morgan fingerprint density at radius 2 is 2.11 bits per heavy atom. The van der Waals surface area contributed by atoms with Gasteiger partial charge in [-0.25, -0.2) is 0 Å². The number of fused-ring (bicyclic) bond motifs is 1. The van der Waals surface area contributed by atoms with Crippen LogP contribution in [0.25, 0.3) is 0 Å².